The Balaban J connectivity index is 2.22. The standard InChI is InChI=1S/C15H24N2O2/c1-15(2,14(18)19)8-4-11-17(3)12-7-13-5-9-16-10-6-13/h5-6,9-10H,4,7-8,11-12H2,1-3H3,(H,18,19). The predicted octanol–water partition coefficient (Wildman–Crippen LogP) is 2.45. The van der Waals surface area contributed by atoms with E-state index in [-0.39, 0.29) is 0 Å². The van der Waals surface area contributed by atoms with Crippen molar-refractivity contribution in [3.8, 4) is 0 Å². The molecule has 0 radical (unpaired) electrons. The minimum atomic E-state index is -0.716. The summed E-state index contributed by atoms with van der Waals surface area (Å²) in [6.07, 6.45) is 6.24. The average molecular weight is 264 g/mol. The molecule has 0 aromatic carbocycles. The summed E-state index contributed by atoms with van der Waals surface area (Å²) in [5.74, 6) is -0.716. The van der Waals surface area contributed by atoms with Crippen molar-refractivity contribution in [2.45, 2.75) is 33.1 Å². The van der Waals surface area contributed by atoms with Crippen molar-refractivity contribution in [2.75, 3.05) is 20.1 Å². The van der Waals surface area contributed by atoms with Crippen LogP contribution < -0.4 is 0 Å². The fourth-order valence-electron chi connectivity index (χ4n) is 1.88. The number of hydrogen-bond acceptors (Lipinski definition) is 3. The van der Waals surface area contributed by atoms with E-state index in [4.69, 9.17) is 5.11 Å². The van der Waals surface area contributed by atoms with E-state index in [2.05, 4.69) is 16.9 Å². The number of aliphatic carboxylic acids is 1. The molecule has 0 amide bonds. The molecule has 4 heteroatoms. The second-order valence-corrected chi connectivity index (χ2v) is 5.70. The summed E-state index contributed by atoms with van der Waals surface area (Å²) in [6.45, 7) is 5.48. The third-order valence-electron chi connectivity index (χ3n) is 3.45. The van der Waals surface area contributed by atoms with Crippen LogP contribution in [-0.4, -0.2) is 41.1 Å². The third-order valence-corrected chi connectivity index (χ3v) is 3.45. The van der Waals surface area contributed by atoms with E-state index in [0.29, 0.717) is 6.42 Å². The van der Waals surface area contributed by atoms with E-state index in [1.807, 2.05) is 24.5 Å². The molecule has 4 nitrogen and oxygen atoms in total. The molecule has 0 saturated carbocycles. The maximum absolute atomic E-state index is 11.0. The fraction of sp³-hybridized carbons (Fsp3) is 0.600. The molecular weight excluding hydrogens is 240 g/mol. The van der Waals surface area contributed by atoms with Gasteiger partial charge >= 0.3 is 5.97 Å². The number of carboxylic acid groups (broad SMARTS) is 1. The summed E-state index contributed by atoms with van der Waals surface area (Å²) in [5, 5.41) is 9.04. The lowest BCUT2D eigenvalue weighted by Gasteiger charge is -2.21. The number of rotatable bonds is 8. The van der Waals surface area contributed by atoms with Gasteiger partial charge in [0, 0.05) is 18.9 Å². The Morgan fingerprint density at radius 3 is 2.53 bits per heavy atom. The van der Waals surface area contributed by atoms with E-state index in [1.165, 1.54) is 5.56 Å². The highest BCUT2D eigenvalue weighted by Gasteiger charge is 2.26. The van der Waals surface area contributed by atoms with E-state index < -0.39 is 11.4 Å². The summed E-state index contributed by atoms with van der Waals surface area (Å²) in [4.78, 5) is 17.2. The molecule has 0 atom stereocenters. The van der Waals surface area contributed by atoms with Crippen LogP contribution in [0, 0.1) is 5.41 Å². The molecule has 0 aliphatic heterocycles. The van der Waals surface area contributed by atoms with Crippen molar-refractivity contribution in [3.05, 3.63) is 30.1 Å². The molecular formula is C15H24N2O2. The lowest BCUT2D eigenvalue weighted by Crippen LogP contribution is -2.27. The zero-order valence-corrected chi connectivity index (χ0v) is 12.1. The Labute approximate surface area is 115 Å². The summed E-state index contributed by atoms with van der Waals surface area (Å²) < 4.78 is 0. The van der Waals surface area contributed by atoms with Crippen LogP contribution in [0.5, 0.6) is 0 Å². The zero-order chi connectivity index (χ0) is 14.3. The number of carbonyl (C=O) groups is 1. The fourth-order valence-corrected chi connectivity index (χ4v) is 1.88. The highest BCUT2D eigenvalue weighted by atomic mass is 16.4. The Morgan fingerprint density at radius 1 is 1.32 bits per heavy atom. The van der Waals surface area contributed by atoms with Gasteiger partial charge in [0.05, 0.1) is 5.41 Å². The molecule has 0 aliphatic rings. The number of aromatic nitrogens is 1. The van der Waals surface area contributed by atoms with Gasteiger partial charge in [-0.3, -0.25) is 9.78 Å². The van der Waals surface area contributed by atoms with Crippen LogP contribution in [0.15, 0.2) is 24.5 Å². The molecule has 0 saturated heterocycles. The predicted molar refractivity (Wildman–Crippen MR) is 76.1 cm³/mol. The second-order valence-electron chi connectivity index (χ2n) is 5.70. The highest BCUT2D eigenvalue weighted by Crippen LogP contribution is 2.22. The molecule has 106 valence electrons. The molecule has 1 N–H and O–H groups in total. The minimum Gasteiger partial charge on any atom is -0.481 e. The number of hydrogen-bond donors (Lipinski definition) is 1. The molecule has 19 heavy (non-hydrogen) atoms. The van der Waals surface area contributed by atoms with Crippen LogP contribution in [0.25, 0.3) is 0 Å². The molecule has 1 aromatic heterocycles. The van der Waals surface area contributed by atoms with Gasteiger partial charge in [-0.05, 0) is 64.4 Å². The Kier molecular flexibility index (Phi) is 5.96. The van der Waals surface area contributed by atoms with Crippen LogP contribution in [0.1, 0.15) is 32.3 Å². The van der Waals surface area contributed by atoms with Crippen molar-refractivity contribution >= 4 is 5.97 Å². The van der Waals surface area contributed by atoms with Crippen molar-refractivity contribution in [1.29, 1.82) is 0 Å². The molecule has 1 rings (SSSR count). The first-order chi connectivity index (χ1) is 8.92. The van der Waals surface area contributed by atoms with Crippen molar-refractivity contribution < 1.29 is 9.90 Å². The van der Waals surface area contributed by atoms with E-state index in [1.54, 1.807) is 13.8 Å². The summed E-state index contributed by atoms with van der Waals surface area (Å²) in [5.41, 5.74) is 0.666. The topological polar surface area (TPSA) is 53.4 Å². The monoisotopic (exact) mass is 264 g/mol. The summed E-state index contributed by atoms with van der Waals surface area (Å²) in [6, 6.07) is 4.06. The second kappa shape index (κ2) is 7.24. The first-order valence-electron chi connectivity index (χ1n) is 6.72. The van der Waals surface area contributed by atoms with Crippen molar-refractivity contribution in [1.82, 2.24) is 9.88 Å². The highest BCUT2D eigenvalue weighted by molar-refractivity contribution is 5.73. The number of carboxylic acids is 1. The smallest absolute Gasteiger partial charge is 0.309 e. The van der Waals surface area contributed by atoms with Crippen LogP contribution in [0.4, 0.5) is 0 Å². The van der Waals surface area contributed by atoms with Crippen molar-refractivity contribution in [3.63, 3.8) is 0 Å². The molecule has 0 spiro atoms. The minimum absolute atomic E-state index is 0.619. The van der Waals surface area contributed by atoms with Gasteiger partial charge in [-0.25, -0.2) is 0 Å². The molecule has 0 unspecified atom stereocenters. The van der Waals surface area contributed by atoms with Gasteiger partial charge in [0.15, 0.2) is 0 Å². The number of pyridine rings is 1. The van der Waals surface area contributed by atoms with E-state index in [9.17, 15) is 4.79 Å². The van der Waals surface area contributed by atoms with Crippen LogP contribution >= 0.6 is 0 Å². The summed E-state index contributed by atoms with van der Waals surface area (Å²) in [7, 11) is 2.08. The number of nitrogens with zero attached hydrogens (tertiary/aromatic N) is 2. The number of likely N-dealkylation sites (N-methyl/N-ethyl adjacent to an activating group) is 1. The molecule has 1 heterocycles. The maximum atomic E-state index is 11.0. The molecule has 0 aliphatic carbocycles. The lowest BCUT2D eigenvalue weighted by atomic mass is 9.88. The quantitative estimate of drug-likeness (QED) is 0.783. The van der Waals surface area contributed by atoms with Gasteiger partial charge in [0.25, 0.3) is 0 Å². The average Bonchev–Trinajstić information content (AvgIpc) is 2.37. The first kappa shape index (κ1) is 15.6. The van der Waals surface area contributed by atoms with Crippen molar-refractivity contribution in [2.24, 2.45) is 5.41 Å². The lowest BCUT2D eigenvalue weighted by molar-refractivity contribution is -0.147. The third kappa shape index (κ3) is 5.83. The molecule has 1 aromatic rings. The van der Waals surface area contributed by atoms with Crippen LogP contribution in [0.2, 0.25) is 0 Å². The molecule has 0 fully saturated rings. The normalized spacial score (nSPS) is 11.8. The Morgan fingerprint density at radius 2 is 1.95 bits per heavy atom. The summed E-state index contributed by atoms with van der Waals surface area (Å²) >= 11 is 0. The van der Waals surface area contributed by atoms with Crippen LogP contribution in [0.3, 0.4) is 0 Å². The van der Waals surface area contributed by atoms with Gasteiger partial charge in [-0.2, -0.15) is 0 Å². The van der Waals surface area contributed by atoms with Gasteiger partial charge in [0.1, 0.15) is 0 Å². The first-order valence-corrected chi connectivity index (χ1v) is 6.72. The molecule has 0 bridgehead atoms. The largest absolute Gasteiger partial charge is 0.481 e. The Hall–Kier alpha value is -1.42. The zero-order valence-electron chi connectivity index (χ0n) is 12.1. The van der Waals surface area contributed by atoms with Gasteiger partial charge in [-0.1, -0.05) is 0 Å². The SMILES string of the molecule is CN(CCCC(C)(C)C(=O)O)CCc1ccncc1. The maximum Gasteiger partial charge on any atom is 0.309 e. The van der Waals surface area contributed by atoms with Gasteiger partial charge in [0.2, 0.25) is 0 Å². The van der Waals surface area contributed by atoms with Gasteiger partial charge < -0.3 is 10.0 Å². The van der Waals surface area contributed by atoms with E-state index >= 15 is 0 Å². The van der Waals surface area contributed by atoms with E-state index in [0.717, 1.165) is 25.9 Å². The Bertz CT molecular complexity index is 390. The van der Waals surface area contributed by atoms with Crippen LogP contribution in [-0.2, 0) is 11.2 Å². The van der Waals surface area contributed by atoms with Gasteiger partial charge in [-0.15, -0.1) is 0 Å².